The molecule has 0 saturated heterocycles. The number of nitrogens with one attached hydrogen (secondary N) is 1. The van der Waals surface area contributed by atoms with Gasteiger partial charge in [0.25, 0.3) is 0 Å². The van der Waals surface area contributed by atoms with Gasteiger partial charge in [0.15, 0.2) is 0 Å². The number of rotatable bonds is 3. The van der Waals surface area contributed by atoms with Crippen molar-refractivity contribution >= 4 is 23.2 Å². The molecule has 0 unspecified atom stereocenters. The van der Waals surface area contributed by atoms with Crippen molar-refractivity contribution in [3.05, 3.63) is 47.5 Å². The number of ether oxygens (including phenoxy) is 1. The highest BCUT2D eigenvalue weighted by Gasteiger charge is 2.07. The van der Waals surface area contributed by atoms with Gasteiger partial charge in [-0.2, -0.15) is 0 Å². The summed E-state index contributed by atoms with van der Waals surface area (Å²) in [5.41, 5.74) is 2.58. The molecule has 0 fully saturated rings. The number of benzene rings is 2. The first-order valence-corrected chi connectivity index (χ1v) is 6.19. The summed E-state index contributed by atoms with van der Waals surface area (Å²) in [5, 5.41) is 3.42. The molecule has 0 spiro atoms. The van der Waals surface area contributed by atoms with Crippen LogP contribution in [0, 0.1) is 0 Å². The molecule has 4 heteroatoms. The van der Waals surface area contributed by atoms with Gasteiger partial charge in [-0.15, -0.1) is 0 Å². The highest BCUT2D eigenvalue weighted by Crippen LogP contribution is 2.31. The molecule has 0 bridgehead atoms. The predicted molar refractivity (Wildman–Crippen MR) is 77.7 cm³/mol. The maximum Gasteiger partial charge on any atom is 0.221 e. The molecule has 0 aliphatic heterocycles. The third-order valence-corrected chi connectivity index (χ3v) is 2.93. The van der Waals surface area contributed by atoms with Gasteiger partial charge >= 0.3 is 0 Å². The average molecular weight is 276 g/mol. The number of carbonyl (C=O) groups is 1. The molecule has 2 aromatic carbocycles. The van der Waals surface area contributed by atoms with E-state index in [2.05, 4.69) is 5.32 Å². The summed E-state index contributed by atoms with van der Waals surface area (Å²) in [4.78, 5) is 11.2. The normalized spacial score (nSPS) is 10.1. The van der Waals surface area contributed by atoms with E-state index in [9.17, 15) is 4.79 Å². The van der Waals surface area contributed by atoms with E-state index in [4.69, 9.17) is 16.3 Å². The van der Waals surface area contributed by atoms with Crippen LogP contribution < -0.4 is 10.1 Å². The quantitative estimate of drug-likeness (QED) is 0.920. The van der Waals surface area contributed by atoms with Gasteiger partial charge in [0.1, 0.15) is 5.75 Å². The van der Waals surface area contributed by atoms with Crippen molar-refractivity contribution in [1.82, 2.24) is 0 Å². The second-order valence-corrected chi connectivity index (χ2v) is 4.54. The Balaban J connectivity index is 2.46. The lowest BCUT2D eigenvalue weighted by atomic mass is 10.0. The largest absolute Gasteiger partial charge is 0.497 e. The van der Waals surface area contributed by atoms with Crippen molar-refractivity contribution in [2.45, 2.75) is 6.92 Å². The zero-order valence-corrected chi connectivity index (χ0v) is 11.5. The van der Waals surface area contributed by atoms with Crippen molar-refractivity contribution < 1.29 is 9.53 Å². The first kappa shape index (κ1) is 13.4. The molecule has 0 aromatic heterocycles. The van der Waals surface area contributed by atoms with Gasteiger partial charge in [0, 0.05) is 23.2 Å². The second-order valence-electron chi connectivity index (χ2n) is 4.10. The third-order valence-electron chi connectivity index (χ3n) is 2.69. The van der Waals surface area contributed by atoms with Crippen LogP contribution in [0.15, 0.2) is 42.5 Å². The SMILES string of the molecule is COc1ccc(-c2cc(Cl)ccc2NC(C)=O)cc1. The maximum absolute atomic E-state index is 11.2. The summed E-state index contributed by atoms with van der Waals surface area (Å²) in [5.74, 6) is 0.670. The van der Waals surface area contributed by atoms with Gasteiger partial charge in [-0.05, 0) is 35.9 Å². The van der Waals surface area contributed by atoms with Gasteiger partial charge < -0.3 is 10.1 Å². The molecule has 2 rings (SSSR count). The van der Waals surface area contributed by atoms with Gasteiger partial charge in [0.2, 0.25) is 5.91 Å². The second kappa shape index (κ2) is 5.76. The number of anilines is 1. The smallest absolute Gasteiger partial charge is 0.221 e. The lowest BCUT2D eigenvalue weighted by Crippen LogP contribution is -2.06. The first-order valence-electron chi connectivity index (χ1n) is 5.81. The van der Waals surface area contributed by atoms with E-state index < -0.39 is 0 Å². The van der Waals surface area contributed by atoms with Crippen molar-refractivity contribution in [3.8, 4) is 16.9 Å². The molecular weight excluding hydrogens is 262 g/mol. The molecule has 2 aromatic rings. The zero-order valence-electron chi connectivity index (χ0n) is 10.7. The Morgan fingerprint density at radius 1 is 1.16 bits per heavy atom. The van der Waals surface area contributed by atoms with Crippen LogP contribution in [-0.2, 0) is 4.79 Å². The van der Waals surface area contributed by atoms with Crippen molar-refractivity contribution in [2.75, 3.05) is 12.4 Å². The van der Waals surface area contributed by atoms with Gasteiger partial charge in [-0.1, -0.05) is 23.7 Å². The molecule has 3 nitrogen and oxygen atoms in total. The number of methoxy groups -OCH3 is 1. The third kappa shape index (κ3) is 3.26. The number of amides is 1. The zero-order chi connectivity index (χ0) is 13.8. The summed E-state index contributed by atoms with van der Waals surface area (Å²) >= 11 is 6.02. The topological polar surface area (TPSA) is 38.3 Å². The standard InChI is InChI=1S/C15H14ClNO2/c1-10(18)17-15-8-5-12(16)9-14(15)11-3-6-13(19-2)7-4-11/h3-9H,1-2H3,(H,17,18). The average Bonchev–Trinajstić information content (AvgIpc) is 2.40. The Morgan fingerprint density at radius 2 is 1.84 bits per heavy atom. The fourth-order valence-electron chi connectivity index (χ4n) is 1.82. The Hall–Kier alpha value is -2.00. The lowest BCUT2D eigenvalue weighted by molar-refractivity contribution is -0.114. The lowest BCUT2D eigenvalue weighted by Gasteiger charge is -2.11. The van der Waals surface area contributed by atoms with Crippen LogP contribution in [0.1, 0.15) is 6.92 Å². The van der Waals surface area contributed by atoms with Crippen LogP contribution in [0.2, 0.25) is 5.02 Å². The molecule has 0 aliphatic carbocycles. The minimum absolute atomic E-state index is 0.114. The van der Waals surface area contributed by atoms with Gasteiger partial charge in [0.05, 0.1) is 7.11 Å². The van der Waals surface area contributed by atoms with Crippen molar-refractivity contribution in [3.63, 3.8) is 0 Å². The highest BCUT2D eigenvalue weighted by atomic mass is 35.5. The van der Waals surface area contributed by atoms with E-state index in [0.717, 1.165) is 22.6 Å². The molecule has 19 heavy (non-hydrogen) atoms. The number of hydrogen-bond donors (Lipinski definition) is 1. The minimum atomic E-state index is -0.114. The van der Waals surface area contributed by atoms with E-state index in [0.29, 0.717) is 5.02 Å². The molecule has 0 heterocycles. The Labute approximate surface area is 117 Å². The van der Waals surface area contributed by atoms with Crippen LogP contribution in [0.3, 0.4) is 0 Å². The number of hydrogen-bond acceptors (Lipinski definition) is 2. The maximum atomic E-state index is 11.2. The van der Waals surface area contributed by atoms with Gasteiger partial charge in [-0.3, -0.25) is 4.79 Å². The summed E-state index contributed by atoms with van der Waals surface area (Å²) in [6, 6.07) is 13.0. The fourth-order valence-corrected chi connectivity index (χ4v) is 2.00. The Morgan fingerprint density at radius 3 is 2.42 bits per heavy atom. The van der Waals surface area contributed by atoms with Crippen LogP contribution in [0.5, 0.6) is 5.75 Å². The van der Waals surface area contributed by atoms with E-state index in [1.807, 2.05) is 30.3 Å². The molecule has 1 amide bonds. The van der Waals surface area contributed by atoms with Crippen LogP contribution >= 0.6 is 11.6 Å². The molecular formula is C15H14ClNO2. The van der Waals surface area contributed by atoms with Crippen LogP contribution in [-0.4, -0.2) is 13.0 Å². The Kier molecular flexibility index (Phi) is 4.07. The fraction of sp³-hybridized carbons (Fsp3) is 0.133. The number of carbonyl (C=O) groups excluding carboxylic acids is 1. The Bertz CT molecular complexity index is 594. The molecule has 0 aliphatic rings. The van der Waals surface area contributed by atoms with Crippen LogP contribution in [0.25, 0.3) is 11.1 Å². The van der Waals surface area contributed by atoms with E-state index in [1.54, 1.807) is 19.2 Å². The molecule has 0 radical (unpaired) electrons. The van der Waals surface area contributed by atoms with Crippen molar-refractivity contribution in [1.29, 1.82) is 0 Å². The van der Waals surface area contributed by atoms with Crippen molar-refractivity contribution in [2.24, 2.45) is 0 Å². The summed E-state index contributed by atoms with van der Waals surface area (Å²) < 4.78 is 5.13. The van der Waals surface area contributed by atoms with Crippen LogP contribution in [0.4, 0.5) is 5.69 Å². The first-order chi connectivity index (χ1) is 9.10. The molecule has 1 N–H and O–H groups in total. The van der Waals surface area contributed by atoms with E-state index in [1.165, 1.54) is 6.92 Å². The monoisotopic (exact) mass is 275 g/mol. The minimum Gasteiger partial charge on any atom is -0.497 e. The number of halogens is 1. The van der Waals surface area contributed by atoms with E-state index in [-0.39, 0.29) is 5.91 Å². The van der Waals surface area contributed by atoms with E-state index >= 15 is 0 Å². The highest BCUT2D eigenvalue weighted by molar-refractivity contribution is 6.31. The molecule has 0 saturated carbocycles. The molecule has 98 valence electrons. The van der Waals surface area contributed by atoms with Gasteiger partial charge in [-0.25, -0.2) is 0 Å². The summed E-state index contributed by atoms with van der Waals surface area (Å²) in [7, 11) is 1.62. The summed E-state index contributed by atoms with van der Waals surface area (Å²) in [6.45, 7) is 1.48. The summed E-state index contributed by atoms with van der Waals surface area (Å²) in [6.07, 6.45) is 0. The predicted octanol–water partition coefficient (Wildman–Crippen LogP) is 3.97. The molecule has 0 atom stereocenters.